The van der Waals surface area contributed by atoms with Gasteiger partial charge in [0.25, 0.3) is 0 Å². The highest BCUT2D eigenvalue weighted by Crippen LogP contribution is 2.23. The van der Waals surface area contributed by atoms with Gasteiger partial charge in [-0.25, -0.2) is 12.8 Å². The summed E-state index contributed by atoms with van der Waals surface area (Å²) in [4.78, 5) is -0.273. The number of anilines is 1. The predicted molar refractivity (Wildman–Crippen MR) is 59.5 cm³/mol. The lowest BCUT2D eigenvalue weighted by Crippen LogP contribution is -2.28. The second kappa shape index (κ2) is 4.51. The highest BCUT2D eigenvalue weighted by molar-refractivity contribution is 7.89. The van der Waals surface area contributed by atoms with Crippen LogP contribution in [0, 0.1) is 18.2 Å². The zero-order valence-corrected chi connectivity index (χ0v) is 9.46. The lowest BCUT2D eigenvalue weighted by atomic mass is 10.3. The van der Waals surface area contributed by atoms with Crippen LogP contribution in [0.3, 0.4) is 0 Å². The molecule has 1 rings (SSSR count). The van der Waals surface area contributed by atoms with Gasteiger partial charge in [-0.15, -0.1) is 6.42 Å². The van der Waals surface area contributed by atoms with Gasteiger partial charge in [0, 0.05) is 7.05 Å². The van der Waals surface area contributed by atoms with Crippen molar-refractivity contribution >= 4 is 15.7 Å². The van der Waals surface area contributed by atoms with Gasteiger partial charge in [0.1, 0.15) is 10.7 Å². The van der Waals surface area contributed by atoms with Crippen molar-refractivity contribution in [2.24, 2.45) is 0 Å². The molecule has 0 aliphatic carbocycles. The second-order valence-electron chi connectivity index (χ2n) is 3.12. The number of benzene rings is 1. The molecule has 0 aromatic heterocycles. The van der Waals surface area contributed by atoms with Crippen LogP contribution in [0.15, 0.2) is 23.1 Å². The Bertz CT molecular complexity index is 534. The molecule has 0 aliphatic rings. The predicted octanol–water partition coefficient (Wildman–Crippen LogP) is 0.662. The standard InChI is InChI=1S/C10H11FN2O2S/c1-3-7-13(2)16(14,15)9-6-4-5-8(11)10(9)12/h1,4-6H,7,12H2,2H3. The van der Waals surface area contributed by atoms with Gasteiger partial charge in [-0.2, -0.15) is 4.31 Å². The molecule has 16 heavy (non-hydrogen) atoms. The van der Waals surface area contributed by atoms with Crippen LogP contribution < -0.4 is 5.73 Å². The van der Waals surface area contributed by atoms with E-state index < -0.39 is 21.5 Å². The van der Waals surface area contributed by atoms with Crippen LogP contribution in [0.2, 0.25) is 0 Å². The summed E-state index contributed by atoms with van der Waals surface area (Å²) in [5.41, 5.74) is 4.97. The molecule has 0 spiro atoms. The average Bonchev–Trinajstić information content (AvgIpc) is 2.22. The molecule has 86 valence electrons. The molecule has 0 aliphatic heterocycles. The van der Waals surface area contributed by atoms with E-state index in [0.29, 0.717) is 0 Å². The minimum atomic E-state index is -3.83. The third kappa shape index (κ3) is 2.15. The highest BCUT2D eigenvalue weighted by Gasteiger charge is 2.23. The molecule has 0 bridgehead atoms. The summed E-state index contributed by atoms with van der Waals surface area (Å²) in [6.45, 7) is -0.0989. The molecular formula is C10H11FN2O2S. The van der Waals surface area contributed by atoms with E-state index in [0.717, 1.165) is 10.4 Å². The maximum absolute atomic E-state index is 13.1. The Balaban J connectivity index is 3.29. The Morgan fingerprint density at radius 2 is 2.19 bits per heavy atom. The summed E-state index contributed by atoms with van der Waals surface area (Å²) in [7, 11) is -2.52. The molecule has 0 fully saturated rings. The molecule has 0 unspecified atom stereocenters. The van der Waals surface area contributed by atoms with E-state index in [2.05, 4.69) is 5.92 Å². The van der Waals surface area contributed by atoms with Crippen LogP contribution in [-0.2, 0) is 10.0 Å². The van der Waals surface area contributed by atoms with Gasteiger partial charge in [0.05, 0.1) is 12.2 Å². The molecule has 4 nitrogen and oxygen atoms in total. The highest BCUT2D eigenvalue weighted by atomic mass is 32.2. The number of terminal acetylenes is 1. The molecule has 0 saturated heterocycles. The maximum Gasteiger partial charge on any atom is 0.245 e. The van der Waals surface area contributed by atoms with Crippen LogP contribution in [-0.4, -0.2) is 26.3 Å². The van der Waals surface area contributed by atoms with Crippen molar-refractivity contribution in [3.63, 3.8) is 0 Å². The molecule has 0 saturated carbocycles. The number of hydrogen-bond donors (Lipinski definition) is 1. The zero-order chi connectivity index (χ0) is 12.3. The van der Waals surface area contributed by atoms with E-state index in [1.165, 1.54) is 19.2 Å². The quantitative estimate of drug-likeness (QED) is 0.625. The normalized spacial score (nSPS) is 11.4. The fourth-order valence-electron chi connectivity index (χ4n) is 1.12. The lowest BCUT2D eigenvalue weighted by molar-refractivity contribution is 0.502. The van der Waals surface area contributed by atoms with Gasteiger partial charge in [-0.05, 0) is 12.1 Å². The second-order valence-corrected chi connectivity index (χ2v) is 5.13. The number of para-hydroxylation sites is 1. The third-order valence-corrected chi connectivity index (χ3v) is 3.88. The molecule has 6 heteroatoms. The monoisotopic (exact) mass is 242 g/mol. The first-order valence-electron chi connectivity index (χ1n) is 4.35. The molecule has 1 aromatic rings. The fourth-order valence-corrected chi connectivity index (χ4v) is 2.33. The van der Waals surface area contributed by atoms with E-state index in [1.807, 2.05) is 0 Å². The Morgan fingerprint density at radius 3 is 2.75 bits per heavy atom. The number of nitrogen functional groups attached to an aromatic ring is 1. The molecular weight excluding hydrogens is 231 g/mol. The van der Waals surface area contributed by atoms with E-state index in [9.17, 15) is 12.8 Å². The van der Waals surface area contributed by atoms with Crippen LogP contribution in [0.25, 0.3) is 0 Å². The smallest absolute Gasteiger partial charge is 0.245 e. The number of hydrogen-bond acceptors (Lipinski definition) is 3. The topological polar surface area (TPSA) is 63.4 Å². The Kier molecular flexibility index (Phi) is 3.52. The number of nitrogens with two attached hydrogens (primary N) is 1. The number of nitrogens with zero attached hydrogens (tertiary/aromatic N) is 1. The van der Waals surface area contributed by atoms with Gasteiger partial charge in [-0.1, -0.05) is 12.0 Å². The van der Waals surface area contributed by atoms with E-state index in [1.54, 1.807) is 0 Å². The summed E-state index contributed by atoms with van der Waals surface area (Å²) >= 11 is 0. The molecule has 0 radical (unpaired) electrons. The minimum Gasteiger partial charge on any atom is -0.395 e. The summed E-state index contributed by atoms with van der Waals surface area (Å²) < 4.78 is 37.8. The van der Waals surface area contributed by atoms with Gasteiger partial charge in [0.2, 0.25) is 10.0 Å². The fraction of sp³-hybridized carbons (Fsp3) is 0.200. The molecule has 1 aromatic carbocycles. The maximum atomic E-state index is 13.1. The zero-order valence-electron chi connectivity index (χ0n) is 8.64. The first kappa shape index (κ1) is 12.5. The number of halogens is 1. The summed E-state index contributed by atoms with van der Waals surface area (Å²) in [6, 6.07) is 3.61. The van der Waals surface area contributed by atoms with Crippen molar-refractivity contribution in [3.05, 3.63) is 24.0 Å². The Morgan fingerprint density at radius 1 is 1.56 bits per heavy atom. The molecule has 2 N–H and O–H groups in total. The Labute approximate surface area is 93.9 Å². The lowest BCUT2D eigenvalue weighted by Gasteiger charge is -2.15. The van der Waals surface area contributed by atoms with Crippen molar-refractivity contribution in [1.29, 1.82) is 0 Å². The number of rotatable bonds is 3. The van der Waals surface area contributed by atoms with Crippen LogP contribution >= 0.6 is 0 Å². The largest absolute Gasteiger partial charge is 0.395 e. The van der Waals surface area contributed by atoms with Crippen LogP contribution in [0.4, 0.5) is 10.1 Å². The van der Waals surface area contributed by atoms with Crippen LogP contribution in [0.5, 0.6) is 0 Å². The molecule has 0 amide bonds. The van der Waals surface area contributed by atoms with Gasteiger partial charge in [-0.3, -0.25) is 0 Å². The van der Waals surface area contributed by atoms with Crippen molar-refractivity contribution in [3.8, 4) is 12.3 Å². The van der Waals surface area contributed by atoms with Crippen molar-refractivity contribution in [2.45, 2.75) is 4.90 Å². The first-order chi connectivity index (χ1) is 7.41. The van der Waals surface area contributed by atoms with Crippen molar-refractivity contribution < 1.29 is 12.8 Å². The summed E-state index contributed by atoms with van der Waals surface area (Å²) in [6.07, 6.45) is 5.01. The van der Waals surface area contributed by atoms with Crippen LogP contribution in [0.1, 0.15) is 0 Å². The molecule has 0 atom stereocenters. The Hall–Kier alpha value is -1.58. The third-order valence-electron chi connectivity index (χ3n) is 2.02. The van der Waals surface area contributed by atoms with Crippen molar-refractivity contribution in [1.82, 2.24) is 4.31 Å². The number of sulfonamides is 1. The average molecular weight is 242 g/mol. The van der Waals surface area contributed by atoms with E-state index in [-0.39, 0.29) is 11.4 Å². The van der Waals surface area contributed by atoms with Gasteiger partial charge in [0.15, 0.2) is 0 Å². The molecule has 0 heterocycles. The van der Waals surface area contributed by atoms with Gasteiger partial charge >= 0.3 is 0 Å². The van der Waals surface area contributed by atoms with E-state index >= 15 is 0 Å². The SMILES string of the molecule is C#CCN(C)S(=O)(=O)c1cccc(F)c1N. The van der Waals surface area contributed by atoms with Gasteiger partial charge < -0.3 is 5.73 Å². The van der Waals surface area contributed by atoms with Crippen molar-refractivity contribution in [2.75, 3.05) is 19.3 Å². The summed E-state index contributed by atoms with van der Waals surface area (Å²) in [5.74, 6) is 1.42. The summed E-state index contributed by atoms with van der Waals surface area (Å²) in [5, 5.41) is 0. The first-order valence-corrected chi connectivity index (χ1v) is 5.79. The van der Waals surface area contributed by atoms with E-state index in [4.69, 9.17) is 12.2 Å². The minimum absolute atomic E-state index is 0.0989.